The fourth-order valence-corrected chi connectivity index (χ4v) is 2.50. The van der Waals surface area contributed by atoms with Gasteiger partial charge in [-0.15, -0.1) is 22.0 Å². The molecule has 1 aromatic heterocycles. The third-order valence-corrected chi connectivity index (χ3v) is 3.35. The van der Waals surface area contributed by atoms with Crippen LogP contribution in [0, 0.1) is 0 Å². The van der Waals surface area contributed by atoms with Crippen LogP contribution in [0.4, 0.5) is 0 Å². The van der Waals surface area contributed by atoms with Gasteiger partial charge in [-0.25, -0.2) is 0 Å². The van der Waals surface area contributed by atoms with Crippen LogP contribution in [0.5, 0.6) is 0 Å². The topological polar surface area (TPSA) is 38.9 Å². The van der Waals surface area contributed by atoms with Gasteiger partial charge >= 0.3 is 0 Å². The number of aromatic nitrogens is 2. The lowest BCUT2D eigenvalue weighted by atomic mass is 10.2. The summed E-state index contributed by atoms with van der Waals surface area (Å²) in [6.07, 6.45) is 3.31. The standard InChI is InChI=1S/C8H12N2OS/c1-2-7-9-10-8(11-7)6-4-3-5-12-6/h6H,2-5H2,1H3. The Kier molecular flexibility index (Phi) is 2.35. The molecule has 2 heterocycles. The van der Waals surface area contributed by atoms with E-state index >= 15 is 0 Å². The highest BCUT2D eigenvalue weighted by Crippen LogP contribution is 2.38. The van der Waals surface area contributed by atoms with Crippen molar-refractivity contribution < 1.29 is 4.42 Å². The van der Waals surface area contributed by atoms with Gasteiger partial charge in [0, 0.05) is 6.42 Å². The second-order valence-corrected chi connectivity index (χ2v) is 4.20. The minimum atomic E-state index is 0.470. The van der Waals surface area contributed by atoms with Crippen LogP contribution in [0.15, 0.2) is 4.42 Å². The van der Waals surface area contributed by atoms with Crippen LogP contribution in [-0.4, -0.2) is 16.0 Å². The fourth-order valence-electron chi connectivity index (χ4n) is 1.31. The van der Waals surface area contributed by atoms with Crippen LogP contribution in [0.2, 0.25) is 0 Å². The van der Waals surface area contributed by atoms with Gasteiger partial charge in [0.1, 0.15) is 0 Å². The lowest BCUT2D eigenvalue weighted by Crippen LogP contribution is -1.87. The van der Waals surface area contributed by atoms with Crippen LogP contribution < -0.4 is 0 Å². The Morgan fingerprint density at radius 1 is 1.58 bits per heavy atom. The molecule has 0 aromatic carbocycles. The van der Waals surface area contributed by atoms with Crippen molar-refractivity contribution in [3.63, 3.8) is 0 Å². The molecule has 0 saturated carbocycles. The molecule has 1 aliphatic rings. The van der Waals surface area contributed by atoms with Crippen molar-refractivity contribution in [2.45, 2.75) is 31.4 Å². The number of thioether (sulfide) groups is 1. The summed E-state index contributed by atoms with van der Waals surface area (Å²) < 4.78 is 5.47. The number of hydrogen-bond donors (Lipinski definition) is 0. The highest BCUT2D eigenvalue weighted by Gasteiger charge is 2.22. The molecule has 0 N–H and O–H groups in total. The first-order chi connectivity index (χ1) is 5.90. The average molecular weight is 184 g/mol. The molecule has 1 atom stereocenters. The third kappa shape index (κ3) is 1.48. The zero-order chi connectivity index (χ0) is 8.39. The largest absolute Gasteiger partial charge is 0.424 e. The molecular weight excluding hydrogens is 172 g/mol. The number of nitrogens with zero attached hydrogens (tertiary/aromatic N) is 2. The molecule has 1 unspecified atom stereocenters. The molecule has 1 saturated heterocycles. The van der Waals surface area contributed by atoms with Crippen LogP contribution in [0.25, 0.3) is 0 Å². The minimum Gasteiger partial charge on any atom is -0.424 e. The first-order valence-corrected chi connectivity index (χ1v) is 5.39. The van der Waals surface area contributed by atoms with E-state index in [-0.39, 0.29) is 0 Å². The van der Waals surface area contributed by atoms with E-state index in [2.05, 4.69) is 10.2 Å². The molecule has 0 spiro atoms. The monoisotopic (exact) mass is 184 g/mol. The molecule has 1 aliphatic heterocycles. The third-order valence-electron chi connectivity index (χ3n) is 1.99. The van der Waals surface area contributed by atoms with E-state index in [0.717, 1.165) is 18.2 Å². The van der Waals surface area contributed by atoms with E-state index in [0.29, 0.717) is 5.25 Å². The van der Waals surface area contributed by atoms with Crippen molar-refractivity contribution >= 4 is 11.8 Å². The summed E-state index contributed by atoms with van der Waals surface area (Å²) in [5.41, 5.74) is 0. The summed E-state index contributed by atoms with van der Waals surface area (Å²) >= 11 is 1.92. The minimum absolute atomic E-state index is 0.470. The quantitative estimate of drug-likeness (QED) is 0.706. The van der Waals surface area contributed by atoms with Crippen molar-refractivity contribution in [3.05, 3.63) is 11.8 Å². The maximum Gasteiger partial charge on any atom is 0.229 e. The Hall–Kier alpha value is -0.510. The van der Waals surface area contributed by atoms with Crippen molar-refractivity contribution in [2.75, 3.05) is 5.75 Å². The van der Waals surface area contributed by atoms with Gasteiger partial charge in [0.15, 0.2) is 0 Å². The predicted octanol–water partition coefficient (Wildman–Crippen LogP) is 2.20. The van der Waals surface area contributed by atoms with Crippen molar-refractivity contribution in [1.82, 2.24) is 10.2 Å². The first kappa shape index (κ1) is 8.10. The molecule has 0 aliphatic carbocycles. The first-order valence-electron chi connectivity index (χ1n) is 4.34. The number of hydrogen-bond acceptors (Lipinski definition) is 4. The van der Waals surface area contributed by atoms with Gasteiger partial charge in [-0.05, 0) is 18.6 Å². The Bertz CT molecular complexity index is 255. The van der Waals surface area contributed by atoms with E-state index in [1.54, 1.807) is 0 Å². The van der Waals surface area contributed by atoms with Gasteiger partial charge in [-0.3, -0.25) is 0 Å². The summed E-state index contributed by atoms with van der Waals surface area (Å²) in [4.78, 5) is 0. The normalized spacial score (nSPS) is 23.2. The summed E-state index contributed by atoms with van der Waals surface area (Å²) in [6, 6.07) is 0. The Morgan fingerprint density at radius 2 is 2.50 bits per heavy atom. The molecule has 0 amide bonds. The Labute approximate surface area is 75.9 Å². The molecule has 1 fully saturated rings. The highest BCUT2D eigenvalue weighted by atomic mass is 32.2. The SMILES string of the molecule is CCc1nnc(C2CCCS2)o1. The smallest absolute Gasteiger partial charge is 0.229 e. The van der Waals surface area contributed by atoms with Gasteiger partial charge in [-0.2, -0.15) is 0 Å². The van der Waals surface area contributed by atoms with Crippen molar-refractivity contribution in [1.29, 1.82) is 0 Å². The van der Waals surface area contributed by atoms with Crippen LogP contribution in [0.3, 0.4) is 0 Å². The molecule has 3 nitrogen and oxygen atoms in total. The predicted molar refractivity (Wildman–Crippen MR) is 48.1 cm³/mol. The van der Waals surface area contributed by atoms with Crippen molar-refractivity contribution in [3.8, 4) is 0 Å². The lowest BCUT2D eigenvalue weighted by Gasteiger charge is -1.99. The van der Waals surface area contributed by atoms with Gasteiger partial charge in [0.25, 0.3) is 0 Å². The maximum absolute atomic E-state index is 5.47. The lowest BCUT2D eigenvalue weighted by molar-refractivity contribution is 0.448. The zero-order valence-electron chi connectivity index (χ0n) is 7.12. The van der Waals surface area contributed by atoms with Gasteiger partial charge in [0.05, 0.1) is 5.25 Å². The van der Waals surface area contributed by atoms with Crippen LogP contribution in [0.1, 0.15) is 36.8 Å². The Balaban J connectivity index is 2.11. The molecule has 0 radical (unpaired) electrons. The number of aryl methyl sites for hydroxylation is 1. The molecule has 66 valence electrons. The van der Waals surface area contributed by atoms with E-state index in [9.17, 15) is 0 Å². The van der Waals surface area contributed by atoms with Crippen molar-refractivity contribution in [2.24, 2.45) is 0 Å². The van der Waals surface area contributed by atoms with Gasteiger partial charge < -0.3 is 4.42 Å². The van der Waals surface area contributed by atoms with Gasteiger partial charge in [-0.1, -0.05) is 6.92 Å². The fraction of sp³-hybridized carbons (Fsp3) is 0.750. The summed E-state index contributed by atoms with van der Waals surface area (Å²) in [5.74, 6) is 2.82. The van der Waals surface area contributed by atoms with Crippen LogP contribution >= 0.6 is 11.8 Å². The number of rotatable bonds is 2. The molecule has 1 aromatic rings. The molecule has 4 heteroatoms. The van der Waals surface area contributed by atoms with Crippen LogP contribution in [-0.2, 0) is 6.42 Å². The van der Waals surface area contributed by atoms with E-state index in [1.807, 2.05) is 18.7 Å². The van der Waals surface area contributed by atoms with E-state index in [4.69, 9.17) is 4.42 Å². The van der Waals surface area contributed by atoms with E-state index in [1.165, 1.54) is 18.6 Å². The second-order valence-electron chi connectivity index (χ2n) is 2.89. The molecule has 12 heavy (non-hydrogen) atoms. The summed E-state index contributed by atoms with van der Waals surface area (Å²) in [5, 5.41) is 8.45. The average Bonchev–Trinajstić information content (AvgIpc) is 2.75. The molecule has 0 bridgehead atoms. The van der Waals surface area contributed by atoms with E-state index < -0.39 is 0 Å². The maximum atomic E-state index is 5.47. The summed E-state index contributed by atoms with van der Waals surface area (Å²) in [7, 11) is 0. The second kappa shape index (κ2) is 3.47. The molecule has 2 rings (SSSR count). The summed E-state index contributed by atoms with van der Waals surface area (Å²) in [6.45, 7) is 2.03. The Morgan fingerprint density at radius 3 is 3.08 bits per heavy atom. The van der Waals surface area contributed by atoms with Gasteiger partial charge in [0.2, 0.25) is 11.8 Å². The zero-order valence-corrected chi connectivity index (χ0v) is 7.93. The highest BCUT2D eigenvalue weighted by molar-refractivity contribution is 7.99. The molecular formula is C8H12N2OS.